The molecule has 0 nitrogen and oxygen atoms in total. The van der Waals surface area contributed by atoms with Crippen molar-refractivity contribution in [3.63, 3.8) is 0 Å². The molecule has 0 aromatic heterocycles. The van der Waals surface area contributed by atoms with Gasteiger partial charge in [-0.2, -0.15) is 26.3 Å². The topological polar surface area (TPSA) is 0 Å². The first-order valence-corrected chi connectivity index (χ1v) is 4.48. The first-order valence-electron chi connectivity index (χ1n) is 4.48. The summed E-state index contributed by atoms with van der Waals surface area (Å²) in [6.07, 6.45) is -10.1. The highest BCUT2D eigenvalue weighted by Crippen LogP contribution is 2.51. The average Bonchev–Trinajstić information content (AvgIpc) is 2.17. The lowest BCUT2D eigenvalue weighted by atomic mass is 9.98. The van der Waals surface area contributed by atoms with E-state index in [2.05, 4.69) is 0 Å². The van der Waals surface area contributed by atoms with Crippen LogP contribution in [0.4, 0.5) is 39.5 Å². The van der Waals surface area contributed by atoms with E-state index >= 15 is 0 Å². The lowest BCUT2D eigenvalue weighted by Gasteiger charge is -2.33. The molecule has 0 N–H and O–H groups in total. The molecule has 9 heteroatoms. The minimum atomic E-state index is -6.46. The average molecular weight is 276 g/mol. The van der Waals surface area contributed by atoms with Crippen molar-refractivity contribution >= 4 is 0 Å². The van der Waals surface area contributed by atoms with Gasteiger partial charge < -0.3 is 0 Å². The summed E-state index contributed by atoms with van der Waals surface area (Å²) in [7, 11) is 0. The lowest BCUT2D eigenvalue weighted by molar-refractivity contribution is -0.350. The molecule has 0 bridgehead atoms. The summed E-state index contributed by atoms with van der Waals surface area (Å²) in [5, 5.41) is 0. The second kappa shape index (κ2) is 4.93. The first kappa shape index (κ1) is 16.4. The zero-order valence-electron chi connectivity index (χ0n) is 8.47. The standard InChI is InChI=1S/C8H9F9/c1-2-3-4(9)6(12,13)8(16,17)7(14,15)5(10)11/h4-5H,2-3H2,1H3. The zero-order chi connectivity index (χ0) is 14.1. The zero-order valence-corrected chi connectivity index (χ0v) is 8.47. The predicted octanol–water partition coefficient (Wildman–Crippen LogP) is 4.30. The lowest BCUT2D eigenvalue weighted by Crippen LogP contribution is -2.61. The second-order valence-corrected chi connectivity index (χ2v) is 3.38. The Morgan fingerprint density at radius 3 is 1.53 bits per heavy atom. The van der Waals surface area contributed by atoms with Crippen LogP contribution < -0.4 is 0 Å². The molecule has 1 unspecified atom stereocenters. The molecular formula is C8H9F9. The monoisotopic (exact) mass is 276 g/mol. The van der Waals surface area contributed by atoms with Crippen LogP contribution in [0.15, 0.2) is 0 Å². The maximum atomic E-state index is 12.7. The molecule has 0 amide bonds. The van der Waals surface area contributed by atoms with Crippen molar-refractivity contribution in [2.24, 2.45) is 0 Å². The van der Waals surface area contributed by atoms with E-state index in [4.69, 9.17) is 0 Å². The van der Waals surface area contributed by atoms with Crippen molar-refractivity contribution in [2.75, 3.05) is 0 Å². The van der Waals surface area contributed by atoms with Crippen LogP contribution in [-0.2, 0) is 0 Å². The molecule has 1 atom stereocenters. The smallest absolute Gasteiger partial charge is 0.241 e. The molecule has 0 aromatic carbocycles. The third-order valence-corrected chi connectivity index (χ3v) is 2.05. The van der Waals surface area contributed by atoms with Gasteiger partial charge in [-0.3, -0.25) is 0 Å². The SMILES string of the molecule is CCCC(F)C(F)(F)C(F)(F)C(F)(F)C(F)F. The fourth-order valence-electron chi connectivity index (χ4n) is 0.991. The number of rotatable bonds is 6. The molecule has 0 spiro atoms. The van der Waals surface area contributed by atoms with Crippen LogP contribution in [0.3, 0.4) is 0 Å². The highest BCUT2D eigenvalue weighted by molar-refractivity contribution is 5.01. The quantitative estimate of drug-likeness (QED) is 0.635. The normalized spacial score (nSPS) is 16.4. The van der Waals surface area contributed by atoms with Gasteiger partial charge in [-0.05, 0) is 6.42 Å². The summed E-state index contributed by atoms with van der Waals surface area (Å²) in [5.74, 6) is -18.6. The van der Waals surface area contributed by atoms with Crippen LogP contribution in [-0.4, -0.2) is 30.4 Å². The van der Waals surface area contributed by atoms with E-state index in [0.29, 0.717) is 0 Å². The first-order chi connectivity index (χ1) is 7.42. The molecule has 0 saturated heterocycles. The number of hydrogen-bond donors (Lipinski definition) is 0. The van der Waals surface area contributed by atoms with Crippen LogP contribution in [0.2, 0.25) is 0 Å². The molecule has 0 aliphatic rings. The molecule has 17 heavy (non-hydrogen) atoms. The van der Waals surface area contributed by atoms with Crippen LogP contribution in [0.25, 0.3) is 0 Å². The molecule has 0 aromatic rings. The van der Waals surface area contributed by atoms with E-state index in [1.807, 2.05) is 0 Å². The van der Waals surface area contributed by atoms with Gasteiger partial charge >= 0.3 is 24.2 Å². The second-order valence-electron chi connectivity index (χ2n) is 3.38. The molecular weight excluding hydrogens is 267 g/mol. The van der Waals surface area contributed by atoms with Crippen molar-refractivity contribution < 1.29 is 39.5 Å². The van der Waals surface area contributed by atoms with Gasteiger partial charge in [0.25, 0.3) is 0 Å². The van der Waals surface area contributed by atoms with E-state index in [1.54, 1.807) is 0 Å². The fourth-order valence-corrected chi connectivity index (χ4v) is 0.991. The molecule has 0 rings (SSSR count). The van der Waals surface area contributed by atoms with Gasteiger partial charge in [0.1, 0.15) is 0 Å². The number of hydrogen-bond acceptors (Lipinski definition) is 0. The molecule has 0 saturated carbocycles. The van der Waals surface area contributed by atoms with Crippen LogP contribution in [0.5, 0.6) is 0 Å². The third kappa shape index (κ3) is 2.62. The summed E-state index contributed by atoms with van der Waals surface area (Å²) >= 11 is 0. The van der Waals surface area contributed by atoms with Gasteiger partial charge in [0, 0.05) is 0 Å². The van der Waals surface area contributed by atoms with Gasteiger partial charge in [0.15, 0.2) is 6.17 Å². The minimum absolute atomic E-state index is 0.326. The van der Waals surface area contributed by atoms with Gasteiger partial charge in [-0.1, -0.05) is 13.3 Å². The van der Waals surface area contributed by atoms with E-state index < -0.39 is 36.8 Å². The van der Waals surface area contributed by atoms with E-state index in [1.165, 1.54) is 0 Å². The Balaban J connectivity index is 5.28. The van der Waals surface area contributed by atoms with Crippen molar-refractivity contribution in [3.05, 3.63) is 0 Å². The number of halogens is 9. The molecule has 0 fully saturated rings. The Labute approximate surface area is 90.8 Å². The van der Waals surface area contributed by atoms with Gasteiger partial charge in [0.05, 0.1) is 0 Å². The summed E-state index contributed by atoms with van der Waals surface area (Å²) < 4.78 is 111. The molecule has 104 valence electrons. The van der Waals surface area contributed by atoms with Crippen molar-refractivity contribution in [2.45, 2.75) is 50.1 Å². The van der Waals surface area contributed by atoms with Crippen LogP contribution in [0.1, 0.15) is 19.8 Å². The Kier molecular flexibility index (Phi) is 4.75. The summed E-state index contributed by atoms with van der Waals surface area (Å²) in [4.78, 5) is 0. The predicted molar refractivity (Wildman–Crippen MR) is 40.6 cm³/mol. The Morgan fingerprint density at radius 1 is 0.824 bits per heavy atom. The molecule has 0 radical (unpaired) electrons. The Bertz CT molecular complexity index is 247. The van der Waals surface area contributed by atoms with Crippen LogP contribution >= 0.6 is 0 Å². The maximum Gasteiger partial charge on any atom is 0.380 e. The molecule has 0 aliphatic heterocycles. The fraction of sp³-hybridized carbons (Fsp3) is 1.00. The summed E-state index contributed by atoms with van der Waals surface area (Å²) in [6.45, 7) is 1.14. The van der Waals surface area contributed by atoms with Crippen molar-refractivity contribution in [3.8, 4) is 0 Å². The van der Waals surface area contributed by atoms with E-state index in [9.17, 15) is 39.5 Å². The maximum absolute atomic E-state index is 12.7. The van der Waals surface area contributed by atoms with Gasteiger partial charge in [0.2, 0.25) is 0 Å². The van der Waals surface area contributed by atoms with Gasteiger partial charge in [-0.25, -0.2) is 13.2 Å². The minimum Gasteiger partial charge on any atom is -0.241 e. The number of alkyl halides is 9. The Hall–Kier alpha value is -0.630. The molecule has 0 aliphatic carbocycles. The summed E-state index contributed by atoms with van der Waals surface area (Å²) in [6, 6.07) is 0. The largest absolute Gasteiger partial charge is 0.380 e. The highest BCUT2D eigenvalue weighted by Gasteiger charge is 2.77. The van der Waals surface area contributed by atoms with Crippen LogP contribution in [0, 0.1) is 0 Å². The van der Waals surface area contributed by atoms with Gasteiger partial charge in [-0.15, -0.1) is 0 Å². The van der Waals surface area contributed by atoms with Crippen molar-refractivity contribution in [1.82, 2.24) is 0 Å². The van der Waals surface area contributed by atoms with Crippen molar-refractivity contribution in [1.29, 1.82) is 0 Å². The van der Waals surface area contributed by atoms with E-state index in [-0.39, 0.29) is 6.42 Å². The molecule has 0 heterocycles. The summed E-state index contributed by atoms with van der Waals surface area (Å²) in [5.41, 5.74) is 0. The van der Waals surface area contributed by atoms with E-state index in [0.717, 1.165) is 6.92 Å². The third-order valence-electron chi connectivity index (χ3n) is 2.05. The highest BCUT2D eigenvalue weighted by atomic mass is 19.4. The Morgan fingerprint density at radius 2 is 1.24 bits per heavy atom.